The molecule has 0 aromatic heterocycles. The molecule has 0 aliphatic carbocycles. The van der Waals surface area contributed by atoms with Crippen LogP contribution < -0.4 is 9.79 Å². The molecular formula is C16H36O4P2Pb. The fourth-order valence-corrected chi connectivity index (χ4v) is 6.04. The van der Waals surface area contributed by atoms with Gasteiger partial charge in [0.05, 0.1) is 0 Å². The van der Waals surface area contributed by atoms with E-state index in [0.717, 1.165) is 0 Å². The Hall–Kier alpha value is 1.30. The predicted octanol–water partition coefficient (Wildman–Crippen LogP) is 4.06. The first-order chi connectivity index (χ1) is 9.00. The van der Waals surface area contributed by atoms with E-state index in [4.69, 9.17) is 0 Å². The smallest absolute Gasteiger partial charge is 0.799 e. The van der Waals surface area contributed by atoms with E-state index in [1.807, 2.05) is 0 Å². The second-order valence-corrected chi connectivity index (χ2v) is 17.4. The molecule has 0 spiro atoms. The summed E-state index contributed by atoms with van der Waals surface area (Å²) in [6.45, 7) is 20.9. The fraction of sp³-hybridized carbons (Fsp3) is 1.00. The van der Waals surface area contributed by atoms with Crippen LogP contribution in [0.2, 0.25) is 0 Å². The first-order valence-corrected chi connectivity index (χ1v) is 10.9. The van der Waals surface area contributed by atoms with Crippen molar-refractivity contribution in [2.75, 3.05) is 0 Å². The fourth-order valence-electron chi connectivity index (χ4n) is 2.01. The third-order valence-corrected chi connectivity index (χ3v) is 10.6. The SMILES string of the molecule is CC(C)(C)P(=O)([O-])C(C)(C)C.CC(C)(C)P(=O)([O-])C(C)(C)C.[Pb+2]. The number of hydrogen-bond donors (Lipinski definition) is 0. The third-order valence-electron chi connectivity index (χ3n) is 3.53. The summed E-state index contributed by atoms with van der Waals surface area (Å²) in [7, 11) is -6.62. The van der Waals surface area contributed by atoms with Crippen LogP contribution in [-0.2, 0) is 9.13 Å². The van der Waals surface area contributed by atoms with Gasteiger partial charge in [0.1, 0.15) is 0 Å². The molecule has 2 radical (unpaired) electrons. The molecule has 0 saturated heterocycles. The Morgan fingerprint density at radius 2 is 0.565 bits per heavy atom. The van der Waals surface area contributed by atoms with E-state index < -0.39 is 35.4 Å². The van der Waals surface area contributed by atoms with Crippen molar-refractivity contribution < 1.29 is 18.9 Å². The average molecular weight is 562 g/mol. The molecule has 0 fully saturated rings. The molecule has 0 aliphatic rings. The molecule has 4 nitrogen and oxygen atoms in total. The normalized spacial score (nSPS) is 14.5. The largest absolute Gasteiger partial charge is 2.00 e. The number of hydrogen-bond acceptors (Lipinski definition) is 4. The van der Waals surface area contributed by atoms with Crippen molar-refractivity contribution in [3.05, 3.63) is 0 Å². The monoisotopic (exact) mass is 562 g/mol. The summed E-state index contributed by atoms with van der Waals surface area (Å²) < 4.78 is 23.4. The molecule has 138 valence electrons. The zero-order valence-electron chi connectivity index (χ0n) is 17.0. The maximum atomic E-state index is 11.7. The minimum atomic E-state index is -3.31. The Morgan fingerprint density at radius 3 is 0.565 bits per heavy atom. The van der Waals surface area contributed by atoms with Crippen molar-refractivity contribution >= 4 is 42.0 Å². The van der Waals surface area contributed by atoms with Crippen molar-refractivity contribution in [3.63, 3.8) is 0 Å². The molecule has 7 heteroatoms. The van der Waals surface area contributed by atoms with Crippen molar-refractivity contribution in [1.29, 1.82) is 0 Å². The van der Waals surface area contributed by atoms with Gasteiger partial charge >= 0.3 is 27.3 Å². The Labute approximate surface area is 164 Å². The first-order valence-electron chi connectivity index (χ1n) is 7.62. The van der Waals surface area contributed by atoms with Crippen molar-refractivity contribution in [2.45, 2.75) is 104 Å². The number of rotatable bonds is 0. The van der Waals surface area contributed by atoms with Gasteiger partial charge in [-0.25, -0.2) is 0 Å². The molecule has 0 unspecified atom stereocenters. The maximum Gasteiger partial charge on any atom is 2.00 e. The van der Waals surface area contributed by atoms with E-state index in [2.05, 4.69) is 0 Å². The molecule has 0 heterocycles. The molecule has 0 amide bonds. The van der Waals surface area contributed by atoms with Crippen LogP contribution in [0.5, 0.6) is 0 Å². The van der Waals surface area contributed by atoms with Gasteiger partial charge in [-0.3, -0.25) is 0 Å². The molecule has 0 N–H and O–H groups in total. The summed E-state index contributed by atoms with van der Waals surface area (Å²) in [4.78, 5) is 23.4. The van der Waals surface area contributed by atoms with Crippen molar-refractivity contribution in [1.82, 2.24) is 0 Å². The van der Waals surface area contributed by atoms with Gasteiger partial charge in [-0.2, -0.15) is 0 Å². The molecule has 0 atom stereocenters. The maximum absolute atomic E-state index is 11.7. The van der Waals surface area contributed by atoms with Gasteiger partial charge in [-0.1, -0.05) is 83.1 Å². The second kappa shape index (κ2) is 8.33. The van der Waals surface area contributed by atoms with Gasteiger partial charge in [-0.15, -0.1) is 0 Å². The van der Waals surface area contributed by atoms with E-state index in [9.17, 15) is 18.9 Å². The van der Waals surface area contributed by atoms with Gasteiger partial charge in [-0.05, 0) is 0 Å². The van der Waals surface area contributed by atoms with Crippen LogP contribution in [0.3, 0.4) is 0 Å². The summed E-state index contributed by atoms with van der Waals surface area (Å²) in [5.41, 5.74) is 0. The van der Waals surface area contributed by atoms with E-state index in [-0.39, 0.29) is 27.3 Å². The summed E-state index contributed by atoms with van der Waals surface area (Å²) in [5, 5.41) is -2.48. The van der Waals surface area contributed by atoms with Crippen LogP contribution in [-0.4, -0.2) is 47.9 Å². The minimum absolute atomic E-state index is 0. The Kier molecular flexibility index (Phi) is 10.5. The third kappa shape index (κ3) is 7.60. The first kappa shape index (κ1) is 29.1. The Bertz CT molecular complexity index is 380. The van der Waals surface area contributed by atoms with Gasteiger partial charge in [0.15, 0.2) is 0 Å². The minimum Gasteiger partial charge on any atom is -0.799 e. The van der Waals surface area contributed by atoms with E-state index >= 15 is 0 Å². The molecule has 0 saturated carbocycles. The Morgan fingerprint density at radius 1 is 0.478 bits per heavy atom. The van der Waals surface area contributed by atoms with Gasteiger partial charge in [0.2, 0.25) is 0 Å². The molecule has 0 aliphatic heterocycles. The summed E-state index contributed by atoms with van der Waals surface area (Å²) in [5.74, 6) is 0. The second-order valence-electron chi connectivity index (χ2n) is 9.79. The van der Waals surface area contributed by atoms with Crippen molar-refractivity contribution in [2.24, 2.45) is 0 Å². The molecule has 0 bridgehead atoms. The van der Waals surface area contributed by atoms with Crippen LogP contribution in [0.15, 0.2) is 0 Å². The van der Waals surface area contributed by atoms with Crippen LogP contribution in [0.25, 0.3) is 0 Å². The van der Waals surface area contributed by atoms with E-state index in [1.165, 1.54) is 0 Å². The van der Waals surface area contributed by atoms with Gasteiger partial charge in [0.25, 0.3) is 0 Å². The summed E-state index contributed by atoms with van der Waals surface area (Å²) in [6, 6.07) is 0. The van der Waals surface area contributed by atoms with Crippen molar-refractivity contribution in [3.8, 4) is 0 Å². The van der Waals surface area contributed by atoms with E-state index in [0.29, 0.717) is 0 Å². The molecule has 0 rings (SSSR count). The van der Waals surface area contributed by atoms with Crippen LogP contribution >= 0.6 is 14.7 Å². The van der Waals surface area contributed by atoms with Crippen LogP contribution in [0.4, 0.5) is 0 Å². The van der Waals surface area contributed by atoms with E-state index in [1.54, 1.807) is 83.1 Å². The zero-order chi connectivity index (χ0) is 19.0. The standard InChI is InChI=1S/2C8H19O2P.Pb/c2*1-7(2,3)11(9,10)8(4,5)6;/h2*1-6H3,(H,9,10);/q;;+2/p-2. The topological polar surface area (TPSA) is 80.3 Å². The molecule has 0 aromatic carbocycles. The predicted molar refractivity (Wildman–Crippen MR) is 100.0 cm³/mol. The Balaban J connectivity index is -0.000000333. The van der Waals surface area contributed by atoms with Gasteiger partial charge < -0.3 is 18.9 Å². The summed E-state index contributed by atoms with van der Waals surface area (Å²) in [6.07, 6.45) is 0. The molecule has 0 aromatic rings. The molecular weight excluding hydrogens is 525 g/mol. The van der Waals surface area contributed by atoms with Crippen LogP contribution in [0.1, 0.15) is 83.1 Å². The zero-order valence-corrected chi connectivity index (χ0v) is 22.7. The van der Waals surface area contributed by atoms with Crippen LogP contribution in [0, 0.1) is 0 Å². The average Bonchev–Trinajstić information content (AvgIpc) is 2.10. The van der Waals surface area contributed by atoms with Gasteiger partial charge in [0, 0.05) is 35.4 Å². The molecule has 23 heavy (non-hydrogen) atoms. The summed E-state index contributed by atoms with van der Waals surface area (Å²) >= 11 is 0. The quantitative estimate of drug-likeness (QED) is 0.330.